The highest BCUT2D eigenvalue weighted by Gasteiger charge is 2.40. The summed E-state index contributed by atoms with van der Waals surface area (Å²) in [7, 11) is -2.08. The summed E-state index contributed by atoms with van der Waals surface area (Å²) in [6.07, 6.45) is 0. The summed E-state index contributed by atoms with van der Waals surface area (Å²) < 4.78 is 6.15. The molecule has 154 valence electrons. The van der Waals surface area contributed by atoms with Crippen LogP contribution < -0.4 is 0 Å². The van der Waals surface area contributed by atoms with E-state index in [0.29, 0.717) is 0 Å². The van der Waals surface area contributed by atoms with E-state index in [1.807, 2.05) is 6.92 Å². The van der Waals surface area contributed by atoms with Crippen molar-refractivity contribution in [3.63, 3.8) is 0 Å². The zero-order valence-corrected chi connectivity index (χ0v) is 20.3. The Labute approximate surface area is 177 Å². The number of aryl methyl sites for hydroxylation is 2. The van der Waals surface area contributed by atoms with E-state index in [1.54, 1.807) is 0 Å². The number of halogens is 1. The molecule has 0 aliphatic heterocycles. The zero-order valence-electron chi connectivity index (χ0n) is 18.6. The second kappa shape index (κ2) is 8.07. The van der Waals surface area contributed by atoms with Crippen LogP contribution in [0.1, 0.15) is 81.8 Å². The normalized spacial score (nSPS) is 14.2. The van der Waals surface area contributed by atoms with E-state index in [4.69, 9.17) is 15.8 Å². The predicted octanol–water partition coefficient (Wildman–Crippen LogP) is 7.64. The first-order valence-corrected chi connectivity index (χ1v) is 11.8. The lowest BCUT2D eigenvalue weighted by atomic mass is 9.72. The third-order valence-electron chi connectivity index (χ3n) is 5.25. The Morgan fingerprint density at radius 2 is 1.07 bits per heavy atom. The molecule has 0 aromatic heterocycles. The van der Waals surface area contributed by atoms with Crippen molar-refractivity contribution in [2.75, 3.05) is 0 Å². The molecular formula is C24H34ClO2P. The van der Waals surface area contributed by atoms with E-state index >= 15 is 0 Å². The first kappa shape index (κ1) is 23.4. The van der Waals surface area contributed by atoms with Gasteiger partial charge in [-0.2, -0.15) is 0 Å². The van der Waals surface area contributed by atoms with Gasteiger partial charge in [-0.05, 0) is 65.1 Å². The summed E-state index contributed by atoms with van der Waals surface area (Å²) in [6, 6.07) is 12.9. The maximum atomic E-state index is 10.1. The Kier molecular flexibility index (Phi) is 6.73. The van der Waals surface area contributed by atoms with Crippen molar-refractivity contribution in [2.24, 2.45) is 0 Å². The molecule has 0 radical (unpaired) electrons. The van der Waals surface area contributed by atoms with Crippen molar-refractivity contribution in [1.29, 1.82) is 0 Å². The van der Waals surface area contributed by atoms with Gasteiger partial charge in [-0.15, -0.1) is 0 Å². The maximum Gasteiger partial charge on any atom is 0.275 e. The SMILES string of the molecule is Cc1ccc(C(C)(OP(O)Cl)c2ccc(C)cc2C(C)(C)C)c(C(C)(C)C)c1. The summed E-state index contributed by atoms with van der Waals surface area (Å²) in [5.74, 6) is 0. The molecule has 0 aliphatic carbocycles. The fraction of sp³-hybridized carbons (Fsp3) is 0.500. The number of rotatable bonds is 4. The van der Waals surface area contributed by atoms with Crippen LogP contribution in [0.3, 0.4) is 0 Å². The molecule has 0 saturated heterocycles. The van der Waals surface area contributed by atoms with E-state index in [1.165, 1.54) is 22.3 Å². The van der Waals surface area contributed by atoms with Gasteiger partial charge in [-0.25, -0.2) is 0 Å². The number of benzene rings is 2. The molecule has 0 amide bonds. The van der Waals surface area contributed by atoms with Crippen molar-refractivity contribution < 1.29 is 9.42 Å². The standard InChI is InChI=1S/C24H34ClO2P/c1-16-10-12-18(20(14-16)22(3,4)5)24(9,27-28(25)26)19-13-11-17(2)15-21(19)23(6,7)8/h10-15,26H,1-9H3. The van der Waals surface area contributed by atoms with Crippen LogP contribution in [0, 0.1) is 13.8 Å². The first-order valence-electron chi connectivity index (χ1n) is 9.73. The molecule has 0 bridgehead atoms. The highest BCUT2D eigenvalue weighted by Crippen LogP contribution is 2.52. The van der Waals surface area contributed by atoms with Gasteiger partial charge in [0.2, 0.25) is 0 Å². The van der Waals surface area contributed by atoms with E-state index in [9.17, 15) is 4.89 Å². The van der Waals surface area contributed by atoms with Gasteiger partial charge >= 0.3 is 0 Å². The Bertz CT molecular complexity index is 781. The number of hydrogen-bond donors (Lipinski definition) is 1. The molecule has 4 heteroatoms. The Morgan fingerprint density at radius 3 is 1.36 bits per heavy atom. The van der Waals surface area contributed by atoms with Crippen molar-refractivity contribution in [2.45, 2.75) is 78.7 Å². The fourth-order valence-electron chi connectivity index (χ4n) is 3.78. The van der Waals surface area contributed by atoms with Crippen LogP contribution in [0.4, 0.5) is 0 Å². The van der Waals surface area contributed by atoms with Gasteiger partial charge in [0.05, 0.1) is 0 Å². The van der Waals surface area contributed by atoms with Crippen molar-refractivity contribution >= 4 is 19.0 Å². The molecule has 0 heterocycles. The average molecular weight is 421 g/mol. The highest BCUT2D eigenvalue weighted by molar-refractivity contribution is 7.75. The van der Waals surface area contributed by atoms with Gasteiger partial charge < -0.3 is 9.42 Å². The monoisotopic (exact) mass is 420 g/mol. The molecule has 2 aromatic rings. The first-order chi connectivity index (χ1) is 12.7. The van der Waals surface area contributed by atoms with E-state index in [0.717, 1.165) is 11.1 Å². The molecule has 0 aliphatic rings. The molecule has 1 atom stereocenters. The van der Waals surface area contributed by atoms with Gasteiger partial charge in [0.25, 0.3) is 7.73 Å². The third-order valence-corrected chi connectivity index (χ3v) is 5.97. The topological polar surface area (TPSA) is 29.5 Å². The number of hydrogen-bond acceptors (Lipinski definition) is 2. The fourth-order valence-corrected chi connectivity index (χ4v) is 4.70. The van der Waals surface area contributed by atoms with Gasteiger partial charge in [0.15, 0.2) is 0 Å². The van der Waals surface area contributed by atoms with Crippen LogP contribution in [-0.4, -0.2) is 4.89 Å². The summed E-state index contributed by atoms with van der Waals surface area (Å²) in [5.41, 5.74) is 5.86. The molecule has 28 heavy (non-hydrogen) atoms. The van der Waals surface area contributed by atoms with E-state index < -0.39 is 13.3 Å². The average Bonchev–Trinajstić information content (AvgIpc) is 2.52. The molecule has 0 saturated carbocycles. The smallest absolute Gasteiger partial charge is 0.275 e. The van der Waals surface area contributed by atoms with E-state index in [2.05, 4.69) is 91.8 Å². The Morgan fingerprint density at radius 1 is 0.714 bits per heavy atom. The zero-order chi connectivity index (χ0) is 21.5. The summed E-state index contributed by atoms with van der Waals surface area (Å²) in [5, 5.41) is 0. The predicted molar refractivity (Wildman–Crippen MR) is 122 cm³/mol. The van der Waals surface area contributed by atoms with Crippen LogP contribution in [0.15, 0.2) is 36.4 Å². The molecule has 0 fully saturated rings. The lowest BCUT2D eigenvalue weighted by molar-refractivity contribution is 0.135. The van der Waals surface area contributed by atoms with Crippen molar-refractivity contribution in [3.8, 4) is 0 Å². The minimum absolute atomic E-state index is 0.0803. The van der Waals surface area contributed by atoms with Crippen LogP contribution in [-0.2, 0) is 21.0 Å². The van der Waals surface area contributed by atoms with E-state index in [-0.39, 0.29) is 10.8 Å². The summed E-state index contributed by atoms with van der Waals surface area (Å²) in [4.78, 5) is 10.1. The van der Waals surface area contributed by atoms with Crippen LogP contribution >= 0.6 is 19.0 Å². The lowest BCUT2D eigenvalue weighted by Gasteiger charge is -2.39. The Hall–Kier alpha value is -0.920. The maximum absolute atomic E-state index is 10.1. The molecule has 0 spiro atoms. The van der Waals surface area contributed by atoms with Gasteiger partial charge in [0, 0.05) is 0 Å². The lowest BCUT2D eigenvalue weighted by Crippen LogP contribution is -2.33. The molecule has 2 aromatic carbocycles. The van der Waals surface area contributed by atoms with Crippen molar-refractivity contribution in [3.05, 3.63) is 69.8 Å². The molecule has 1 unspecified atom stereocenters. The van der Waals surface area contributed by atoms with Gasteiger partial charge in [-0.1, -0.05) is 89.1 Å². The van der Waals surface area contributed by atoms with Crippen LogP contribution in [0.2, 0.25) is 0 Å². The molecule has 2 rings (SSSR count). The van der Waals surface area contributed by atoms with Gasteiger partial charge in [0.1, 0.15) is 5.60 Å². The minimum atomic E-state index is -2.08. The third kappa shape index (κ3) is 4.97. The Balaban J connectivity index is 2.90. The molecule has 2 nitrogen and oxygen atoms in total. The van der Waals surface area contributed by atoms with Gasteiger partial charge in [-0.3, -0.25) is 0 Å². The summed E-state index contributed by atoms with van der Waals surface area (Å²) in [6.45, 7) is 19.4. The second-order valence-corrected chi connectivity index (χ2v) is 11.5. The van der Waals surface area contributed by atoms with Crippen molar-refractivity contribution in [1.82, 2.24) is 0 Å². The second-order valence-electron chi connectivity index (χ2n) is 9.95. The quantitative estimate of drug-likeness (QED) is 0.515. The highest BCUT2D eigenvalue weighted by atomic mass is 35.7. The minimum Gasteiger partial charge on any atom is -0.338 e. The van der Waals surface area contributed by atoms with Crippen LogP contribution in [0.25, 0.3) is 0 Å². The largest absolute Gasteiger partial charge is 0.338 e. The molecular weight excluding hydrogens is 387 g/mol. The van der Waals surface area contributed by atoms with Crippen LogP contribution in [0.5, 0.6) is 0 Å². The molecule has 1 N–H and O–H groups in total. The summed E-state index contributed by atoms with van der Waals surface area (Å²) >= 11 is 6.06.